The lowest BCUT2D eigenvalue weighted by Gasteiger charge is -2.21. The zero-order valence-corrected chi connectivity index (χ0v) is 30.7. The number of carbonyl (C=O) groups is 2. The Hall–Kier alpha value is -1.06. The van der Waals surface area contributed by atoms with Gasteiger partial charge in [0.1, 0.15) is 0 Å². The molecule has 0 radical (unpaired) electrons. The van der Waals surface area contributed by atoms with Crippen molar-refractivity contribution >= 4 is 11.9 Å². The van der Waals surface area contributed by atoms with Gasteiger partial charge in [-0.25, -0.2) is 0 Å². The van der Waals surface area contributed by atoms with Gasteiger partial charge < -0.3 is 9.47 Å². The fraction of sp³-hybridized carbons (Fsp3) is 0.950. The molecular formula is C40H78O4. The molecule has 2 atom stereocenters. The summed E-state index contributed by atoms with van der Waals surface area (Å²) in [5, 5.41) is 0. The Bertz CT molecular complexity index is 581. The summed E-state index contributed by atoms with van der Waals surface area (Å²) in [6.07, 6.45) is 31.4. The van der Waals surface area contributed by atoms with Gasteiger partial charge in [0.05, 0.1) is 25.0 Å². The van der Waals surface area contributed by atoms with Crippen LogP contribution in [0.5, 0.6) is 0 Å². The lowest BCUT2D eigenvalue weighted by atomic mass is 9.85. The van der Waals surface area contributed by atoms with Crippen molar-refractivity contribution in [1.29, 1.82) is 0 Å². The zero-order chi connectivity index (χ0) is 32.7. The van der Waals surface area contributed by atoms with Gasteiger partial charge in [-0.15, -0.1) is 0 Å². The minimum absolute atomic E-state index is 0.0351. The van der Waals surface area contributed by atoms with Crippen LogP contribution in [0, 0.1) is 23.7 Å². The molecule has 4 heteroatoms. The molecule has 0 heterocycles. The maximum atomic E-state index is 12.3. The van der Waals surface area contributed by atoms with Gasteiger partial charge in [0, 0.05) is 0 Å². The number of ether oxygens (including phenoxy) is 2. The average molecular weight is 623 g/mol. The number of esters is 2. The van der Waals surface area contributed by atoms with Gasteiger partial charge in [-0.1, -0.05) is 170 Å². The SMILES string of the molecule is CCCCCC(CC)C(=O)OCCCCCCCCCC(CCCCCCCCCOC(=O)C(CC)CCCCC)C(C)C. The highest BCUT2D eigenvalue weighted by Crippen LogP contribution is 2.26. The Morgan fingerprint density at radius 1 is 0.432 bits per heavy atom. The second-order valence-corrected chi connectivity index (χ2v) is 14.1. The number of hydrogen-bond donors (Lipinski definition) is 0. The van der Waals surface area contributed by atoms with E-state index in [1.807, 2.05) is 0 Å². The maximum absolute atomic E-state index is 12.3. The molecule has 0 N–H and O–H groups in total. The van der Waals surface area contributed by atoms with Crippen LogP contribution in [0.15, 0.2) is 0 Å². The van der Waals surface area contributed by atoms with E-state index in [9.17, 15) is 9.59 Å². The van der Waals surface area contributed by atoms with Crippen LogP contribution >= 0.6 is 0 Å². The third kappa shape index (κ3) is 25.2. The summed E-state index contributed by atoms with van der Waals surface area (Å²) >= 11 is 0. The van der Waals surface area contributed by atoms with E-state index in [0.29, 0.717) is 13.2 Å². The highest BCUT2D eigenvalue weighted by Gasteiger charge is 2.18. The van der Waals surface area contributed by atoms with Crippen molar-refractivity contribution in [2.24, 2.45) is 23.7 Å². The average Bonchev–Trinajstić information content (AvgIpc) is 3.01. The number of rotatable bonds is 33. The monoisotopic (exact) mass is 623 g/mol. The minimum atomic E-state index is 0.0351. The van der Waals surface area contributed by atoms with E-state index in [4.69, 9.17) is 9.47 Å². The number of unbranched alkanes of at least 4 members (excludes halogenated alkanes) is 16. The van der Waals surface area contributed by atoms with Crippen LogP contribution in [0.1, 0.15) is 208 Å². The van der Waals surface area contributed by atoms with Gasteiger partial charge in [-0.3, -0.25) is 9.59 Å². The summed E-state index contributed by atoms with van der Waals surface area (Å²) in [7, 11) is 0. The second-order valence-electron chi connectivity index (χ2n) is 14.1. The first-order valence-corrected chi connectivity index (χ1v) is 19.7. The first-order chi connectivity index (χ1) is 21.4. The van der Waals surface area contributed by atoms with Gasteiger partial charge in [0.25, 0.3) is 0 Å². The van der Waals surface area contributed by atoms with Crippen LogP contribution in [0.3, 0.4) is 0 Å². The molecule has 2 unspecified atom stereocenters. The van der Waals surface area contributed by atoms with Gasteiger partial charge >= 0.3 is 11.9 Å². The first kappa shape index (κ1) is 42.9. The van der Waals surface area contributed by atoms with Crippen molar-refractivity contribution in [1.82, 2.24) is 0 Å². The molecule has 0 aliphatic rings. The minimum Gasteiger partial charge on any atom is -0.465 e. The van der Waals surface area contributed by atoms with Crippen LogP contribution in [0.25, 0.3) is 0 Å². The predicted molar refractivity (Wildman–Crippen MR) is 190 cm³/mol. The molecule has 0 aliphatic carbocycles. The van der Waals surface area contributed by atoms with Crippen molar-refractivity contribution in [2.45, 2.75) is 208 Å². The van der Waals surface area contributed by atoms with E-state index in [1.165, 1.54) is 116 Å². The van der Waals surface area contributed by atoms with Gasteiger partial charge in [0.15, 0.2) is 0 Å². The quantitative estimate of drug-likeness (QED) is 0.0539. The standard InChI is InChI=1S/C40H78O4/c1-7-11-23-29-36(9-3)39(41)43-33-27-21-17-13-15-19-25-31-38(35(5)6)32-26-20-16-14-18-22-28-34-44-40(42)37(10-4)30-24-12-8-2/h35-38H,7-34H2,1-6H3. The summed E-state index contributed by atoms with van der Waals surface area (Å²) in [6.45, 7) is 14.6. The molecule has 0 saturated heterocycles. The predicted octanol–water partition coefficient (Wildman–Crippen LogP) is 12.8. The number of hydrogen-bond acceptors (Lipinski definition) is 4. The maximum Gasteiger partial charge on any atom is 0.308 e. The Morgan fingerprint density at radius 3 is 1.07 bits per heavy atom. The molecule has 4 nitrogen and oxygen atoms in total. The summed E-state index contributed by atoms with van der Waals surface area (Å²) < 4.78 is 11.1. The van der Waals surface area contributed by atoms with E-state index in [-0.39, 0.29) is 23.8 Å². The van der Waals surface area contributed by atoms with E-state index in [0.717, 1.165) is 63.2 Å². The van der Waals surface area contributed by atoms with E-state index < -0.39 is 0 Å². The molecular weight excluding hydrogens is 544 g/mol. The topological polar surface area (TPSA) is 52.6 Å². The third-order valence-electron chi connectivity index (χ3n) is 9.83. The van der Waals surface area contributed by atoms with E-state index in [1.54, 1.807) is 0 Å². The molecule has 0 saturated carbocycles. The molecule has 0 aliphatic heterocycles. The molecule has 0 amide bonds. The molecule has 0 aromatic heterocycles. The van der Waals surface area contributed by atoms with Crippen molar-refractivity contribution in [3.8, 4) is 0 Å². The largest absolute Gasteiger partial charge is 0.465 e. The molecule has 0 spiro atoms. The molecule has 0 aromatic carbocycles. The lowest BCUT2D eigenvalue weighted by molar-refractivity contribution is -0.150. The van der Waals surface area contributed by atoms with Gasteiger partial charge in [-0.2, -0.15) is 0 Å². The normalized spacial score (nSPS) is 13.6. The molecule has 262 valence electrons. The van der Waals surface area contributed by atoms with Gasteiger partial charge in [-0.05, 0) is 50.4 Å². The Morgan fingerprint density at radius 2 is 0.750 bits per heavy atom. The van der Waals surface area contributed by atoms with Crippen LogP contribution in [-0.2, 0) is 19.1 Å². The fourth-order valence-electron chi connectivity index (χ4n) is 6.44. The molecule has 0 rings (SSSR count). The highest BCUT2D eigenvalue weighted by molar-refractivity contribution is 5.72. The molecule has 0 fully saturated rings. The van der Waals surface area contributed by atoms with Crippen LogP contribution in [-0.4, -0.2) is 25.2 Å². The number of carbonyl (C=O) groups excluding carboxylic acids is 2. The van der Waals surface area contributed by atoms with Crippen LogP contribution in [0.2, 0.25) is 0 Å². The Kier molecular flexibility index (Phi) is 31.1. The smallest absolute Gasteiger partial charge is 0.308 e. The summed E-state index contributed by atoms with van der Waals surface area (Å²) in [4.78, 5) is 24.5. The van der Waals surface area contributed by atoms with E-state index >= 15 is 0 Å². The Labute approximate surface area is 276 Å². The summed E-state index contributed by atoms with van der Waals surface area (Å²) in [5.41, 5.74) is 0. The fourth-order valence-corrected chi connectivity index (χ4v) is 6.44. The van der Waals surface area contributed by atoms with Gasteiger partial charge in [0.2, 0.25) is 0 Å². The van der Waals surface area contributed by atoms with Crippen molar-refractivity contribution in [3.05, 3.63) is 0 Å². The molecule has 44 heavy (non-hydrogen) atoms. The second kappa shape index (κ2) is 31.9. The summed E-state index contributed by atoms with van der Waals surface area (Å²) in [6, 6.07) is 0. The third-order valence-corrected chi connectivity index (χ3v) is 9.83. The van der Waals surface area contributed by atoms with E-state index in [2.05, 4.69) is 41.5 Å². The van der Waals surface area contributed by atoms with Crippen molar-refractivity contribution < 1.29 is 19.1 Å². The Balaban J connectivity index is 3.69. The molecule has 0 aromatic rings. The van der Waals surface area contributed by atoms with Crippen molar-refractivity contribution in [2.75, 3.05) is 13.2 Å². The summed E-state index contributed by atoms with van der Waals surface area (Å²) in [5.74, 6) is 1.95. The van der Waals surface area contributed by atoms with Crippen molar-refractivity contribution in [3.63, 3.8) is 0 Å². The molecule has 0 bridgehead atoms. The first-order valence-electron chi connectivity index (χ1n) is 19.7. The lowest BCUT2D eigenvalue weighted by Crippen LogP contribution is -2.17. The highest BCUT2D eigenvalue weighted by atomic mass is 16.5. The zero-order valence-electron chi connectivity index (χ0n) is 30.7. The van der Waals surface area contributed by atoms with Crippen LogP contribution in [0.4, 0.5) is 0 Å². The van der Waals surface area contributed by atoms with Crippen LogP contribution < -0.4 is 0 Å².